The van der Waals surface area contributed by atoms with Crippen LogP contribution in [-0.2, 0) is 0 Å². The molecule has 0 amide bonds. The lowest BCUT2D eigenvalue weighted by molar-refractivity contribution is 0.178. The van der Waals surface area contributed by atoms with Crippen molar-refractivity contribution in [3.05, 3.63) is 0 Å². The van der Waals surface area contributed by atoms with Crippen molar-refractivity contribution >= 4 is 16.9 Å². The molecule has 20 heavy (non-hydrogen) atoms. The first-order valence-electron chi connectivity index (χ1n) is 8.14. The third-order valence-corrected chi connectivity index (χ3v) is 5.46. The molecule has 0 aliphatic carbocycles. The van der Waals surface area contributed by atoms with Crippen LogP contribution in [0.4, 0.5) is 0 Å². The van der Waals surface area contributed by atoms with E-state index in [4.69, 9.17) is 4.99 Å². The molecule has 2 aliphatic heterocycles. The summed E-state index contributed by atoms with van der Waals surface area (Å²) in [7, 11) is 0. The molecule has 3 nitrogen and oxygen atoms in total. The zero-order valence-electron chi connectivity index (χ0n) is 13.6. The van der Waals surface area contributed by atoms with Gasteiger partial charge in [0.1, 0.15) is 0 Å². The van der Waals surface area contributed by atoms with E-state index >= 15 is 0 Å². The summed E-state index contributed by atoms with van der Waals surface area (Å²) >= 11 is 1.89. The van der Waals surface area contributed by atoms with Gasteiger partial charge in [-0.3, -0.25) is 9.89 Å². The minimum atomic E-state index is 0.320. The first-order chi connectivity index (χ1) is 9.47. The van der Waals surface area contributed by atoms with E-state index in [2.05, 4.69) is 37.9 Å². The van der Waals surface area contributed by atoms with Crippen LogP contribution >= 0.6 is 11.8 Å². The summed E-state index contributed by atoms with van der Waals surface area (Å²) in [6.07, 6.45) is 5.37. The summed E-state index contributed by atoms with van der Waals surface area (Å²) in [5, 5.41) is 4.81. The molecular weight excluding hydrogens is 266 g/mol. The van der Waals surface area contributed by atoms with Crippen molar-refractivity contribution in [2.45, 2.75) is 65.5 Å². The molecular formula is C16H31N3S. The van der Waals surface area contributed by atoms with Gasteiger partial charge in [-0.1, -0.05) is 39.0 Å². The molecule has 0 spiro atoms. The van der Waals surface area contributed by atoms with Crippen LogP contribution in [0.5, 0.6) is 0 Å². The maximum atomic E-state index is 4.85. The predicted molar refractivity (Wildman–Crippen MR) is 90.6 cm³/mol. The van der Waals surface area contributed by atoms with Gasteiger partial charge in [-0.25, -0.2) is 0 Å². The van der Waals surface area contributed by atoms with Crippen LogP contribution in [0.25, 0.3) is 0 Å². The summed E-state index contributed by atoms with van der Waals surface area (Å²) in [6.45, 7) is 12.7. The van der Waals surface area contributed by atoms with Crippen molar-refractivity contribution in [1.82, 2.24) is 10.2 Å². The molecule has 0 aromatic rings. The van der Waals surface area contributed by atoms with Crippen LogP contribution in [0.1, 0.15) is 53.4 Å². The highest BCUT2D eigenvalue weighted by Gasteiger charge is 2.28. The summed E-state index contributed by atoms with van der Waals surface area (Å²) < 4.78 is 0. The molecule has 4 heteroatoms. The molecule has 0 bridgehead atoms. The van der Waals surface area contributed by atoms with Gasteiger partial charge < -0.3 is 5.32 Å². The second-order valence-electron chi connectivity index (χ2n) is 7.29. The maximum absolute atomic E-state index is 4.85. The van der Waals surface area contributed by atoms with Gasteiger partial charge in [0.25, 0.3) is 0 Å². The minimum absolute atomic E-state index is 0.320. The second-order valence-corrected chi connectivity index (χ2v) is 8.38. The zero-order chi connectivity index (χ0) is 14.6. The monoisotopic (exact) mass is 297 g/mol. The predicted octanol–water partition coefficient (Wildman–Crippen LogP) is 3.36. The summed E-state index contributed by atoms with van der Waals surface area (Å²) in [4.78, 5) is 7.45. The SMILES string of the molecule is CC(CN=C1NC(C(C)(C)C)CCS1)N1CCCCC1. The highest BCUT2D eigenvalue weighted by molar-refractivity contribution is 8.13. The van der Waals surface area contributed by atoms with Crippen LogP contribution < -0.4 is 5.32 Å². The Hall–Kier alpha value is -0.220. The first-order valence-corrected chi connectivity index (χ1v) is 9.13. The topological polar surface area (TPSA) is 27.6 Å². The number of rotatable bonds is 3. The Balaban J connectivity index is 1.84. The Labute approximate surface area is 129 Å². The molecule has 2 heterocycles. The summed E-state index contributed by atoms with van der Waals surface area (Å²) in [5.74, 6) is 1.20. The van der Waals surface area contributed by atoms with E-state index in [1.807, 2.05) is 11.8 Å². The van der Waals surface area contributed by atoms with Crippen molar-refractivity contribution in [3.8, 4) is 0 Å². The van der Waals surface area contributed by atoms with Crippen LogP contribution in [0.3, 0.4) is 0 Å². The second kappa shape index (κ2) is 7.17. The Kier molecular flexibility index (Phi) is 5.79. The maximum Gasteiger partial charge on any atom is 0.156 e. The van der Waals surface area contributed by atoms with E-state index < -0.39 is 0 Å². The van der Waals surface area contributed by atoms with Crippen molar-refractivity contribution in [3.63, 3.8) is 0 Å². The van der Waals surface area contributed by atoms with Gasteiger partial charge >= 0.3 is 0 Å². The number of hydrogen-bond acceptors (Lipinski definition) is 3. The molecule has 2 unspecified atom stereocenters. The number of likely N-dealkylation sites (tertiary alicyclic amines) is 1. The van der Waals surface area contributed by atoms with Gasteiger partial charge in [-0.15, -0.1) is 0 Å². The largest absolute Gasteiger partial charge is 0.362 e. The van der Waals surface area contributed by atoms with Crippen molar-refractivity contribution in [2.24, 2.45) is 10.4 Å². The molecule has 116 valence electrons. The number of hydrogen-bond donors (Lipinski definition) is 1. The number of thioether (sulfide) groups is 1. The first kappa shape index (κ1) is 16.2. The minimum Gasteiger partial charge on any atom is -0.362 e. The molecule has 2 aliphatic rings. The molecule has 1 N–H and O–H groups in total. The molecule has 0 aromatic heterocycles. The van der Waals surface area contributed by atoms with Crippen LogP contribution in [0.15, 0.2) is 4.99 Å². The Bertz CT molecular complexity index is 329. The highest BCUT2D eigenvalue weighted by atomic mass is 32.2. The zero-order valence-corrected chi connectivity index (χ0v) is 14.4. The van der Waals surface area contributed by atoms with E-state index in [1.54, 1.807) is 0 Å². The van der Waals surface area contributed by atoms with Gasteiger partial charge in [0.15, 0.2) is 5.17 Å². The van der Waals surface area contributed by atoms with Crippen molar-refractivity contribution in [2.75, 3.05) is 25.4 Å². The lowest BCUT2D eigenvalue weighted by Gasteiger charge is -2.36. The molecule has 2 fully saturated rings. The Morgan fingerprint density at radius 1 is 1.30 bits per heavy atom. The van der Waals surface area contributed by atoms with Crippen LogP contribution in [0.2, 0.25) is 0 Å². The van der Waals surface area contributed by atoms with E-state index in [1.165, 1.54) is 49.7 Å². The van der Waals surface area contributed by atoms with E-state index in [9.17, 15) is 0 Å². The Morgan fingerprint density at radius 3 is 2.65 bits per heavy atom. The molecule has 2 rings (SSSR count). The van der Waals surface area contributed by atoms with Gasteiger partial charge in [0.05, 0.1) is 6.54 Å². The van der Waals surface area contributed by atoms with Crippen LogP contribution in [-0.4, -0.2) is 47.5 Å². The third kappa shape index (κ3) is 4.66. The lowest BCUT2D eigenvalue weighted by atomic mass is 9.85. The Morgan fingerprint density at radius 2 is 2.00 bits per heavy atom. The molecule has 0 saturated carbocycles. The van der Waals surface area contributed by atoms with Crippen molar-refractivity contribution in [1.29, 1.82) is 0 Å². The number of aliphatic imine (C=N–C) groups is 1. The fraction of sp³-hybridized carbons (Fsp3) is 0.938. The van der Waals surface area contributed by atoms with E-state index in [-0.39, 0.29) is 0 Å². The van der Waals surface area contributed by atoms with Gasteiger partial charge in [-0.05, 0) is 44.7 Å². The van der Waals surface area contributed by atoms with Gasteiger partial charge in [0.2, 0.25) is 0 Å². The fourth-order valence-electron chi connectivity index (χ4n) is 2.97. The summed E-state index contributed by atoms with van der Waals surface area (Å²) in [5.41, 5.74) is 0.320. The summed E-state index contributed by atoms with van der Waals surface area (Å²) in [6, 6.07) is 1.15. The van der Waals surface area contributed by atoms with E-state index in [0.717, 1.165) is 6.54 Å². The third-order valence-electron chi connectivity index (χ3n) is 4.50. The smallest absolute Gasteiger partial charge is 0.156 e. The number of nitrogens with one attached hydrogen (secondary N) is 1. The lowest BCUT2D eigenvalue weighted by Crippen LogP contribution is -2.46. The van der Waals surface area contributed by atoms with E-state index in [0.29, 0.717) is 17.5 Å². The standard InChI is InChI=1S/C16H31N3S/c1-13(19-9-6-5-7-10-19)12-17-15-18-14(8-11-20-15)16(2,3)4/h13-14H,5-12H2,1-4H3,(H,17,18). The molecule has 0 radical (unpaired) electrons. The average molecular weight is 298 g/mol. The number of amidine groups is 1. The van der Waals surface area contributed by atoms with Gasteiger partial charge in [-0.2, -0.15) is 0 Å². The quantitative estimate of drug-likeness (QED) is 0.865. The van der Waals surface area contributed by atoms with Crippen molar-refractivity contribution < 1.29 is 0 Å². The fourth-order valence-corrected chi connectivity index (χ4v) is 3.91. The average Bonchev–Trinajstić information content (AvgIpc) is 2.45. The molecule has 2 atom stereocenters. The molecule has 0 aromatic carbocycles. The molecule has 2 saturated heterocycles. The number of piperidine rings is 1. The normalized spacial score (nSPS) is 29.2. The van der Waals surface area contributed by atoms with Crippen LogP contribution in [0, 0.1) is 5.41 Å². The highest BCUT2D eigenvalue weighted by Crippen LogP contribution is 2.27. The number of nitrogens with zero attached hydrogens (tertiary/aromatic N) is 2. The van der Waals surface area contributed by atoms with Gasteiger partial charge in [0, 0.05) is 17.8 Å².